The Hall–Kier alpha value is -0.680. The molecule has 0 amide bonds. The summed E-state index contributed by atoms with van der Waals surface area (Å²) in [5, 5.41) is 13.2. The average Bonchev–Trinajstić information content (AvgIpc) is 2.76. The van der Waals surface area contributed by atoms with Gasteiger partial charge in [0.1, 0.15) is 5.01 Å². The van der Waals surface area contributed by atoms with E-state index in [0.29, 0.717) is 6.10 Å². The number of nitrogens with one attached hydrogen (secondary N) is 1. The van der Waals surface area contributed by atoms with E-state index in [0.717, 1.165) is 29.7 Å². The molecule has 0 unspecified atom stereocenters. The standard InChI is InChI=1S/C12H21N3OS/c1-10-14-15-12(17-10)13-8-5-9-16-11-6-3-2-4-7-11/h11H,2-9H2,1H3,(H,13,15). The third-order valence-electron chi connectivity index (χ3n) is 3.03. The third kappa shape index (κ3) is 4.60. The van der Waals surface area contributed by atoms with E-state index in [1.54, 1.807) is 11.3 Å². The van der Waals surface area contributed by atoms with Crippen LogP contribution in [0.3, 0.4) is 0 Å². The fraction of sp³-hybridized carbons (Fsp3) is 0.833. The number of rotatable bonds is 6. The van der Waals surface area contributed by atoms with Crippen molar-refractivity contribution >= 4 is 16.5 Å². The van der Waals surface area contributed by atoms with Gasteiger partial charge in [-0.15, -0.1) is 10.2 Å². The van der Waals surface area contributed by atoms with E-state index < -0.39 is 0 Å². The minimum absolute atomic E-state index is 0.521. The molecule has 0 aromatic carbocycles. The Morgan fingerprint density at radius 3 is 2.82 bits per heavy atom. The smallest absolute Gasteiger partial charge is 0.205 e. The number of hydrogen-bond acceptors (Lipinski definition) is 5. The molecule has 1 aromatic heterocycles. The SMILES string of the molecule is Cc1nnc(NCCCOC2CCCCC2)s1. The van der Waals surface area contributed by atoms with Gasteiger partial charge in [-0.2, -0.15) is 0 Å². The van der Waals surface area contributed by atoms with Crippen molar-refractivity contribution in [2.24, 2.45) is 0 Å². The van der Waals surface area contributed by atoms with Gasteiger partial charge in [0.25, 0.3) is 0 Å². The molecule has 96 valence electrons. The van der Waals surface area contributed by atoms with Gasteiger partial charge in [0.2, 0.25) is 5.13 Å². The van der Waals surface area contributed by atoms with E-state index in [2.05, 4.69) is 15.5 Å². The van der Waals surface area contributed by atoms with Gasteiger partial charge in [-0.05, 0) is 26.2 Å². The molecular formula is C12H21N3OS. The largest absolute Gasteiger partial charge is 0.378 e. The number of aryl methyl sites for hydroxylation is 1. The molecule has 0 atom stereocenters. The summed E-state index contributed by atoms with van der Waals surface area (Å²) < 4.78 is 5.85. The summed E-state index contributed by atoms with van der Waals surface area (Å²) >= 11 is 1.60. The monoisotopic (exact) mass is 255 g/mol. The van der Waals surface area contributed by atoms with Crippen LogP contribution in [0.5, 0.6) is 0 Å². The predicted molar refractivity (Wildman–Crippen MR) is 70.6 cm³/mol. The van der Waals surface area contributed by atoms with E-state index >= 15 is 0 Å². The molecule has 4 nitrogen and oxygen atoms in total. The second kappa shape index (κ2) is 6.91. The van der Waals surface area contributed by atoms with Gasteiger partial charge in [0.15, 0.2) is 0 Å². The zero-order valence-electron chi connectivity index (χ0n) is 10.4. The Morgan fingerprint density at radius 1 is 1.29 bits per heavy atom. The summed E-state index contributed by atoms with van der Waals surface area (Å²) in [6, 6.07) is 0. The van der Waals surface area contributed by atoms with Crippen LogP contribution in [0.4, 0.5) is 5.13 Å². The second-order valence-corrected chi connectivity index (χ2v) is 5.72. The van der Waals surface area contributed by atoms with Crippen molar-refractivity contribution in [3.8, 4) is 0 Å². The molecule has 1 N–H and O–H groups in total. The van der Waals surface area contributed by atoms with Gasteiger partial charge in [0, 0.05) is 13.2 Å². The average molecular weight is 255 g/mol. The molecule has 1 fully saturated rings. The molecule has 0 aliphatic heterocycles. The van der Waals surface area contributed by atoms with Crippen molar-refractivity contribution in [1.29, 1.82) is 0 Å². The van der Waals surface area contributed by atoms with E-state index in [9.17, 15) is 0 Å². The first-order chi connectivity index (χ1) is 8.34. The number of aromatic nitrogens is 2. The van der Waals surface area contributed by atoms with Gasteiger partial charge in [-0.25, -0.2) is 0 Å². The maximum atomic E-state index is 5.85. The fourth-order valence-electron chi connectivity index (χ4n) is 2.12. The molecule has 1 aromatic rings. The first-order valence-electron chi connectivity index (χ1n) is 6.50. The van der Waals surface area contributed by atoms with Crippen molar-refractivity contribution in [2.45, 2.75) is 51.6 Å². The van der Waals surface area contributed by atoms with Crippen LogP contribution >= 0.6 is 11.3 Å². The first-order valence-corrected chi connectivity index (χ1v) is 7.32. The van der Waals surface area contributed by atoms with Gasteiger partial charge < -0.3 is 10.1 Å². The Kier molecular flexibility index (Phi) is 5.19. The van der Waals surface area contributed by atoms with Gasteiger partial charge in [-0.1, -0.05) is 30.6 Å². The molecule has 1 saturated carbocycles. The zero-order valence-corrected chi connectivity index (χ0v) is 11.3. The lowest BCUT2D eigenvalue weighted by Crippen LogP contribution is -2.18. The molecule has 17 heavy (non-hydrogen) atoms. The van der Waals surface area contributed by atoms with Crippen LogP contribution in [0.25, 0.3) is 0 Å². The molecule has 0 bridgehead atoms. The maximum absolute atomic E-state index is 5.85. The summed E-state index contributed by atoms with van der Waals surface area (Å²) in [5.74, 6) is 0. The molecular weight excluding hydrogens is 234 g/mol. The Morgan fingerprint density at radius 2 is 2.12 bits per heavy atom. The minimum Gasteiger partial charge on any atom is -0.378 e. The molecule has 0 radical (unpaired) electrons. The molecule has 5 heteroatoms. The normalized spacial score (nSPS) is 17.2. The van der Waals surface area contributed by atoms with Crippen molar-refractivity contribution in [3.63, 3.8) is 0 Å². The number of ether oxygens (including phenoxy) is 1. The lowest BCUT2D eigenvalue weighted by molar-refractivity contribution is 0.0284. The van der Waals surface area contributed by atoms with Crippen LogP contribution < -0.4 is 5.32 Å². The minimum atomic E-state index is 0.521. The Balaban J connectivity index is 1.51. The molecule has 0 saturated heterocycles. The third-order valence-corrected chi connectivity index (χ3v) is 3.83. The van der Waals surface area contributed by atoms with Crippen molar-refractivity contribution in [2.75, 3.05) is 18.5 Å². The Bertz CT molecular complexity index is 323. The van der Waals surface area contributed by atoms with Gasteiger partial charge in [0.05, 0.1) is 6.10 Å². The van der Waals surface area contributed by atoms with Crippen molar-refractivity contribution in [3.05, 3.63) is 5.01 Å². The lowest BCUT2D eigenvalue weighted by atomic mass is 9.98. The molecule has 2 rings (SSSR count). The zero-order chi connectivity index (χ0) is 11.9. The van der Waals surface area contributed by atoms with Crippen LogP contribution in [0.2, 0.25) is 0 Å². The number of anilines is 1. The molecule has 1 aliphatic rings. The van der Waals surface area contributed by atoms with E-state index in [4.69, 9.17) is 4.74 Å². The highest BCUT2D eigenvalue weighted by molar-refractivity contribution is 7.15. The number of hydrogen-bond donors (Lipinski definition) is 1. The fourth-order valence-corrected chi connectivity index (χ4v) is 2.73. The molecule has 1 aliphatic carbocycles. The van der Waals surface area contributed by atoms with E-state index in [1.165, 1.54) is 32.1 Å². The van der Waals surface area contributed by atoms with Crippen LogP contribution in [0.15, 0.2) is 0 Å². The van der Waals surface area contributed by atoms with Crippen LogP contribution in [-0.4, -0.2) is 29.5 Å². The molecule has 1 heterocycles. The van der Waals surface area contributed by atoms with E-state index in [-0.39, 0.29) is 0 Å². The highest BCUT2D eigenvalue weighted by atomic mass is 32.1. The Labute approximate surface area is 107 Å². The summed E-state index contributed by atoms with van der Waals surface area (Å²) in [4.78, 5) is 0. The number of nitrogens with zero attached hydrogens (tertiary/aromatic N) is 2. The van der Waals surface area contributed by atoms with Crippen LogP contribution in [-0.2, 0) is 4.74 Å². The van der Waals surface area contributed by atoms with Gasteiger partial charge >= 0.3 is 0 Å². The van der Waals surface area contributed by atoms with Crippen LogP contribution in [0.1, 0.15) is 43.5 Å². The van der Waals surface area contributed by atoms with Crippen molar-refractivity contribution in [1.82, 2.24) is 10.2 Å². The second-order valence-electron chi connectivity index (χ2n) is 4.54. The highest BCUT2D eigenvalue weighted by Crippen LogP contribution is 2.20. The topological polar surface area (TPSA) is 47.0 Å². The van der Waals surface area contributed by atoms with E-state index in [1.807, 2.05) is 6.92 Å². The van der Waals surface area contributed by atoms with Crippen LogP contribution in [0, 0.1) is 6.92 Å². The predicted octanol–water partition coefficient (Wildman–Crippen LogP) is 3.00. The van der Waals surface area contributed by atoms with Gasteiger partial charge in [-0.3, -0.25) is 0 Å². The first kappa shape index (κ1) is 12.8. The summed E-state index contributed by atoms with van der Waals surface area (Å²) in [5.41, 5.74) is 0. The summed E-state index contributed by atoms with van der Waals surface area (Å²) in [7, 11) is 0. The lowest BCUT2D eigenvalue weighted by Gasteiger charge is -2.21. The maximum Gasteiger partial charge on any atom is 0.205 e. The van der Waals surface area contributed by atoms with Crippen molar-refractivity contribution < 1.29 is 4.74 Å². The summed E-state index contributed by atoms with van der Waals surface area (Å²) in [6.07, 6.45) is 8.13. The quantitative estimate of drug-likeness (QED) is 0.794. The highest BCUT2D eigenvalue weighted by Gasteiger charge is 2.12. The molecule has 0 spiro atoms. The summed E-state index contributed by atoms with van der Waals surface area (Å²) in [6.45, 7) is 3.74.